The van der Waals surface area contributed by atoms with Gasteiger partial charge in [-0.15, -0.1) is 0 Å². The molecular weight excluding hydrogens is 554 g/mol. The second kappa shape index (κ2) is 11.8. The largest absolute Gasteiger partial charge is 0.352 e. The van der Waals surface area contributed by atoms with Gasteiger partial charge in [-0.3, -0.25) is 13.9 Å². The zero-order valence-corrected chi connectivity index (χ0v) is 23.3. The molecule has 0 aromatic heterocycles. The summed E-state index contributed by atoms with van der Waals surface area (Å²) in [5, 5.41) is 3.51. The minimum Gasteiger partial charge on any atom is -0.352 e. The van der Waals surface area contributed by atoms with Crippen molar-refractivity contribution in [3.05, 3.63) is 63.1 Å². The van der Waals surface area contributed by atoms with E-state index < -0.39 is 28.5 Å². The molecule has 1 N–H and O–H groups in total. The minimum atomic E-state index is -3.78. The van der Waals surface area contributed by atoms with Gasteiger partial charge in [-0.2, -0.15) is 0 Å². The summed E-state index contributed by atoms with van der Waals surface area (Å²) in [4.78, 5) is 28.1. The number of sulfonamides is 1. The lowest BCUT2D eigenvalue weighted by molar-refractivity contribution is -0.139. The van der Waals surface area contributed by atoms with E-state index in [0.29, 0.717) is 16.3 Å². The summed E-state index contributed by atoms with van der Waals surface area (Å²) in [5.74, 6) is -0.757. The van der Waals surface area contributed by atoms with Gasteiger partial charge in [-0.1, -0.05) is 58.6 Å². The molecule has 1 aliphatic rings. The van der Waals surface area contributed by atoms with Crippen LogP contribution in [0.25, 0.3) is 0 Å². The fraction of sp³-hybridized carbons (Fsp3) is 0.440. The van der Waals surface area contributed by atoms with Crippen molar-refractivity contribution in [3.8, 4) is 0 Å². The summed E-state index contributed by atoms with van der Waals surface area (Å²) < 4.78 is 27.2. The molecule has 0 heterocycles. The van der Waals surface area contributed by atoms with E-state index in [2.05, 4.69) is 21.2 Å². The minimum absolute atomic E-state index is 0.0781. The Morgan fingerprint density at radius 3 is 2.43 bits per heavy atom. The molecule has 10 heteroatoms. The fourth-order valence-corrected chi connectivity index (χ4v) is 5.47. The quantitative estimate of drug-likeness (QED) is 0.465. The molecule has 0 bridgehead atoms. The Morgan fingerprint density at radius 2 is 1.83 bits per heavy atom. The predicted octanol–water partition coefficient (Wildman–Crippen LogP) is 4.65. The molecular formula is C25H31BrClN3O4S. The molecule has 0 unspecified atom stereocenters. The fourth-order valence-electron chi connectivity index (χ4n) is 4.18. The molecule has 1 fully saturated rings. The van der Waals surface area contributed by atoms with Crippen LogP contribution in [0.1, 0.15) is 43.7 Å². The molecule has 0 spiro atoms. The Labute approximate surface area is 221 Å². The monoisotopic (exact) mass is 583 g/mol. The van der Waals surface area contributed by atoms with Gasteiger partial charge in [0.2, 0.25) is 21.8 Å². The zero-order valence-electron chi connectivity index (χ0n) is 20.1. The van der Waals surface area contributed by atoms with Crippen molar-refractivity contribution in [1.82, 2.24) is 10.2 Å². The predicted molar refractivity (Wildman–Crippen MR) is 143 cm³/mol. The average Bonchev–Trinajstić information content (AvgIpc) is 3.30. The molecule has 0 radical (unpaired) electrons. The van der Waals surface area contributed by atoms with Gasteiger partial charge in [0.25, 0.3) is 0 Å². The first kappa shape index (κ1) is 27.5. The van der Waals surface area contributed by atoms with Gasteiger partial charge in [0.05, 0.1) is 11.9 Å². The second-order valence-corrected chi connectivity index (χ2v) is 12.2. The Kier molecular flexibility index (Phi) is 9.23. The van der Waals surface area contributed by atoms with Gasteiger partial charge in [-0.25, -0.2) is 8.42 Å². The number of rotatable bonds is 9. The van der Waals surface area contributed by atoms with Crippen molar-refractivity contribution in [1.29, 1.82) is 0 Å². The molecule has 2 amide bonds. The van der Waals surface area contributed by atoms with E-state index in [4.69, 9.17) is 11.6 Å². The molecule has 2 aromatic carbocycles. The lowest BCUT2D eigenvalue weighted by Crippen LogP contribution is -2.52. The molecule has 3 rings (SSSR count). The molecule has 1 atom stereocenters. The van der Waals surface area contributed by atoms with Gasteiger partial charge in [0.1, 0.15) is 12.6 Å². The van der Waals surface area contributed by atoms with E-state index in [1.807, 2.05) is 6.92 Å². The van der Waals surface area contributed by atoms with Gasteiger partial charge in [-0.05, 0) is 62.1 Å². The summed E-state index contributed by atoms with van der Waals surface area (Å²) in [7, 11) is -3.78. The van der Waals surface area contributed by atoms with Gasteiger partial charge >= 0.3 is 0 Å². The Bertz CT molecular complexity index is 1180. The van der Waals surface area contributed by atoms with Crippen LogP contribution < -0.4 is 9.62 Å². The molecule has 0 saturated heterocycles. The zero-order chi connectivity index (χ0) is 25.8. The Balaban J connectivity index is 1.90. The highest BCUT2D eigenvalue weighted by atomic mass is 79.9. The number of aryl methyl sites for hydroxylation is 1. The van der Waals surface area contributed by atoms with Crippen LogP contribution in [0.15, 0.2) is 46.9 Å². The van der Waals surface area contributed by atoms with E-state index in [1.54, 1.807) is 49.4 Å². The topological polar surface area (TPSA) is 86.8 Å². The lowest BCUT2D eigenvalue weighted by atomic mass is 10.1. The molecule has 2 aromatic rings. The molecule has 35 heavy (non-hydrogen) atoms. The number of amides is 2. The van der Waals surface area contributed by atoms with Crippen molar-refractivity contribution >= 4 is 55.1 Å². The van der Waals surface area contributed by atoms with Crippen molar-refractivity contribution in [2.45, 2.75) is 58.2 Å². The first-order chi connectivity index (χ1) is 16.5. The summed E-state index contributed by atoms with van der Waals surface area (Å²) in [6.45, 7) is 3.14. The van der Waals surface area contributed by atoms with Crippen LogP contribution >= 0.6 is 27.5 Å². The number of halogens is 2. The third kappa shape index (κ3) is 7.21. The van der Waals surface area contributed by atoms with Crippen molar-refractivity contribution in [2.24, 2.45) is 0 Å². The smallest absolute Gasteiger partial charge is 0.244 e. The number of hydrogen-bond acceptors (Lipinski definition) is 4. The first-order valence-electron chi connectivity index (χ1n) is 11.5. The highest BCUT2D eigenvalue weighted by Crippen LogP contribution is 2.26. The van der Waals surface area contributed by atoms with Gasteiger partial charge in [0, 0.05) is 22.1 Å². The third-order valence-electron chi connectivity index (χ3n) is 6.28. The summed E-state index contributed by atoms with van der Waals surface area (Å²) in [5.41, 5.74) is 1.89. The Morgan fingerprint density at radius 1 is 1.17 bits per heavy atom. The number of nitrogens with zero attached hydrogens (tertiary/aromatic N) is 2. The maximum absolute atomic E-state index is 13.6. The van der Waals surface area contributed by atoms with E-state index >= 15 is 0 Å². The van der Waals surface area contributed by atoms with Crippen molar-refractivity contribution < 1.29 is 18.0 Å². The Hall–Kier alpha value is -2.10. The number of carbonyl (C=O) groups excluding carboxylic acids is 2. The number of hydrogen-bond donors (Lipinski definition) is 1. The summed E-state index contributed by atoms with van der Waals surface area (Å²) >= 11 is 9.77. The molecule has 1 aliphatic carbocycles. The number of carbonyl (C=O) groups is 2. The van der Waals surface area contributed by atoms with Crippen LogP contribution in [0.4, 0.5) is 5.69 Å². The highest BCUT2D eigenvalue weighted by Gasteiger charge is 2.31. The number of benzene rings is 2. The average molecular weight is 585 g/mol. The number of nitrogens with one attached hydrogen (secondary N) is 1. The van der Waals surface area contributed by atoms with Crippen LogP contribution in [0, 0.1) is 6.92 Å². The van der Waals surface area contributed by atoms with Crippen molar-refractivity contribution in [3.63, 3.8) is 0 Å². The van der Waals surface area contributed by atoms with Crippen LogP contribution in [0.5, 0.6) is 0 Å². The van der Waals surface area contributed by atoms with Crippen LogP contribution in [-0.2, 0) is 26.2 Å². The maximum Gasteiger partial charge on any atom is 0.244 e. The van der Waals surface area contributed by atoms with Crippen molar-refractivity contribution in [2.75, 3.05) is 17.1 Å². The van der Waals surface area contributed by atoms with E-state index in [-0.39, 0.29) is 18.5 Å². The van der Waals surface area contributed by atoms with Crippen LogP contribution in [-0.4, -0.2) is 50.0 Å². The molecule has 1 saturated carbocycles. The SMILES string of the molecule is Cc1cc(N(CC(=O)N(Cc2ccccc2Cl)[C@@H](C)C(=O)NC2CCCC2)S(C)(=O)=O)ccc1Br. The molecule has 190 valence electrons. The molecule has 7 nitrogen and oxygen atoms in total. The van der Waals surface area contributed by atoms with Gasteiger partial charge in [0.15, 0.2) is 0 Å². The second-order valence-electron chi connectivity index (χ2n) is 8.98. The van der Waals surface area contributed by atoms with Crippen LogP contribution in [0.3, 0.4) is 0 Å². The normalized spacial score (nSPS) is 15.0. The summed E-state index contributed by atoms with van der Waals surface area (Å²) in [6, 6.07) is 11.5. The first-order valence-corrected chi connectivity index (χ1v) is 14.6. The van der Waals surface area contributed by atoms with E-state index in [9.17, 15) is 18.0 Å². The van der Waals surface area contributed by atoms with Gasteiger partial charge < -0.3 is 10.2 Å². The van der Waals surface area contributed by atoms with E-state index in [0.717, 1.165) is 46.3 Å². The lowest BCUT2D eigenvalue weighted by Gasteiger charge is -2.32. The number of anilines is 1. The van der Waals surface area contributed by atoms with Crippen LogP contribution in [0.2, 0.25) is 5.02 Å². The summed E-state index contributed by atoms with van der Waals surface area (Å²) in [6.07, 6.45) is 5.03. The third-order valence-corrected chi connectivity index (χ3v) is 8.68. The standard InChI is InChI=1S/C25H31BrClN3O4S/c1-17-14-21(12-13-22(17)26)30(35(3,33)34)16-24(31)29(15-19-8-4-7-11-23(19)27)18(2)25(32)28-20-9-5-6-10-20/h4,7-8,11-14,18,20H,5-6,9-10,15-16H2,1-3H3,(H,28,32)/t18-/m0/s1. The van der Waals surface area contributed by atoms with E-state index in [1.165, 1.54) is 4.90 Å². The maximum atomic E-state index is 13.6. The highest BCUT2D eigenvalue weighted by molar-refractivity contribution is 9.10. The molecule has 0 aliphatic heterocycles.